The van der Waals surface area contributed by atoms with Crippen molar-refractivity contribution in [1.29, 1.82) is 0 Å². The molecule has 34 heavy (non-hydrogen) atoms. The van der Waals surface area contributed by atoms with Gasteiger partial charge in [0.05, 0.1) is 0 Å². The zero-order valence-corrected chi connectivity index (χ0v) is 22.8. The number of hydrogen-bond donors (Lipinski definition) is 1. The highest BCUT2D eigenvalue weighted by molar-refractivity contribution is 5.69. The Balaban J connectivity index is 3.45. The normalized spacial score (nSPS) is 12.1. The Hall–Kier alpha value is -1.10. The van der Waals surface area contributed by atoms with E-state index in [2.05, 4.69) is 20.8 Å². The highest BCUT2D eigenvalue weighted by Crippen LogP contribution is 2.13. The van der Waals surface area contributed by atoms with Crippen LogP contribution in [0.3, 0.4) is 0 Å². The minimum absolute atomic E-state index is 0.111. The summed E-state index contributed by atoms with van der Waals surface area (Å²) < 4.78 is 10.2. The molecule has 1 N–H and O–H groups in total. The zero-order valence-electron chi connectivity index (χ0n) is 22.8. The zero-order chi connectivity index (χ0) is 25.3. The number of rotatable bonds is 25. The van der Waals surface area contributed by atoms with Gasteiger partial charge in [0.25, 0.3) is 0 Å². The maximum Gasteiger partial charge on any atom is 0.305 e. The van der Waals surface area contributed by atoms with Crippen LogP contribution in [0.5, 0.6) is 0 Å². The Morgan fingerprint density at radius 3 is 1.32 bits per heavy atom. The van der Waals surface area contributed by atoms with Crippen molar-refractivity contribution < 1.29 is 24.2 Å². The molecule has 0 unspecified atom stereocenters. The van der Waals surface area contributed by atoms with Gasteiger partial charge in [0.15, 0.2) is 0 Å². The van der Waals surface area contributed by atoms with Gasteiger partial charge in [-0.05, 0) is 18.8 Å². The van der Waals surface area contributed by atoms with Gasteiger partial charge in [0, 0.05) is 12.8 Å². The lowest BCUT2D eigenvalue weighted by molar-refractivity contribution is -0.152. The molecule has 0 aromatic carbocycles. The molecular weight excluding hydrogens is 428 g/mol. The largest absolute Gasteiger partial charge is 0.463 e. The lowest BCUT2D eigenvalue weighted by atomic mass is 10.0. The van der Waals surface area contributed by atoms with Crippen LogP contribution in [0.1, 0.15) is 149 Å². The number of esters is 2. The van der Waals surface area contributed by atoms with E-state index in [9.17, 15) is 14.7 Å². The highest BCUT2D eigenvalue weighted by atomic mass is 16.6. The van der Waals surface area contributed by atoms with Gasteiger partial charge in [-0.1, -0.05) is 124 Å². The first kappa shape index (κ1) is 32.9. The van der Waals surface area contributed by atoms with Gasteiger partial charge in [0.1, 0.15) is 19.3 Å². The second-order valence-electron chi connectivity index (χ2n) is 10.4. The molecular formula is C29H56O5. The molecule has 0 saturated heterocycles. The first-order chi connectivity index (χ1) is 16.5. The molecule has 1 atom stereocenters. The van der Waals surface area contributed by atoms with Crippen molar-refractivity contribution >= 4 is 11.9 Å². The van der Waals surface area contributed by atoms with Crippen molar-refractivity contribution in [3.63, 3.8) is 0 Å². The molecule has 202 valence electrons. The van der Waals surface area contributed by atoms with Gasteiger partial charge < -0.3 is 14.6 Å². The second-order valence-corrected chi connectivity index (χ2v) is 10.4. The van der Waals surface area contributed by atoms with Crippen LogP contribution in [0.25, 0.3) is 0 Å². The van der Waals surface area contributed by atoms with Gasteiger partial charge in [-0.25, -0.2) is 0 Å². The third kappa shape index (κ3) is 25.5. The Kier molecular flexibility index (Phi) is 24.2. The summed E-state index contributed by atoms with van der Waals surface area (Å²) in [4.78, 5) is 23.6. The maximum atomic E-state index is 11.8. The Labute approximate surface area is 210 Å². The topological polar surface area (TPSA) is 72.8 Å². The van der Waals surface area contributed by atoms with E-state index in [1.807, 2.05) is 0 Å². The van der Waals surface area contributed by atoms with Crippen LogP contribution < -0.4 is 0 Å². The average Bonchev–Trinajstić information content (AvgIpc) is 2.81. The molecule has 0 aliphatic carbocycles. The number of ether oxygens (including phenoxy) is 2. The summed E-state index contributed by atoms with van der Waals surface area (Å²) in [5.74, 6) is 0.212. The molecule has 0 saturated carbocycles. The third-order valence-electron chi connectivity index (χ3n) is 6.27. The number of aliphatic hydroxyl groups is 1. The molecule has 0 aliphatic rings. The quantitative estimate of drug-likeness (QED) is 0.105. The van der Waals surface area contributed by atoms with Crippen molar-refractivity contribution in [2.24, 2.45) is 5.92 Å². The number of unbranched alkanes of at least 4 members (excludes halogenated alkanes) is 15. The molecule has 0 aliphatic heterocycles. The first-order valence-corrected chi connectivity index (χ1v) is 14.4. The van der Waals surface area contributed by atoms with Gasteiger partial charge in [-0.3, -0.25) is 9.59 Å². The summed E-state index contributed by atoms with van der Waals surface area (Å²) >= 11 is 0. The number of carbonyl (C=O) groups excluding carboxylic acids is 2. The average molecular weight is 485 g/mol. The smallest absolute Gasteiger partial charge is 0.305 e. The fraction of sp³-hybridized carbons (Fsp3) is 0.931. The van der Waals surface area contributed by atoms with Gasteiger partial charge in [-0.15, -0.1) is 0 Å². The minimum Gasteiger partial charge on any atom is -0.463 e. The lowest BCUT2D eigenvalue weighted by Crippen LogP contribution is -2.25. The van der Waals surface area contributed by atoms with Gasteiger partial charge >= 0.3 is 11.9 Å². The van der Waals surface area contributed by atoms with Crippen LogP contribution >= 0.6 is 0 Å². The SMILES string of the molecule is CCCCCCCCCCCCCC(=O)OC[C@@H](O)COC(=O)CCCCCCCCC(C)C. The van der Waals surface area contributed by atoms with E-state index < -0.39 is 6.10 Å². The van der Waals surface area contributed by atoms with Crippen molar-refractivity contribution in [2.75, 3.05) is 13.2 Å². The fourth-order valence-electron chi connectivity index (χ4n) is 4.03. The summed E-state index contributed by atoms with van der Waals surface area (Å²) in [7, 11) is 0. The van der Waals surface area contributed by atoms with E-state index in [1.54, 1.807) is 0 Å². The molecule has 0 amide bonds. The molecule has 0 radical (unpaired) electrons. The summed E-state index contributed by atoms with van der Waals surface area (Å²) in [6, 6.07) is 0. The molecule has 0 aromatic heterocycles. The predicted molar refractivity (Wildman–Crippen MR) is 141 cm³/mol. The number of hydrogen-bond acceptors (Lipinski definition) is 5. The molecule has 0 spiro atoms. The van der Waals surface area contributed by atoms with Crippen molar-refractivity contribution in [3.8, 4) is 0 Å². The van der Waals surface area contributed by atoms with Crippen LogP contribution in [0.4, 0.5) is 0 Å². The van der Waals surface area contributed by atoms with Crippen molar-refractivity contribution in [1.82, 2.24) is 0 Å². The Bertz CT molecular complexity index is 463. The lowest BCUT2D eigenvalue weighted by Gasteiger charge is -2.12. The molecule has 5 heteroatoms. The molecule has 5 nitrogen and oxygen atoms in total. The third-order valence-corrected chi connectivity index (χ3v) is 6.27. The molecule has 0 bridgehead atoms. The van der Waals surface area contributed by atoms with Crippen LogP contribution in [-0.2, 0) is 19.1 Å². The molecule has 0 rings (SSSR count). The van der Waals surface area contributed by atoms with Crippen molar-refractivity contribution in [2.45, 2.75) is 155 Å². The van der Waals surface area contributed by atoms with E-state index in [1.165, 1.54) is 83.5 Å². The highest BCUT2D eigenvalue weighted by Gasteiger charge is 2.12. The fourth-order valence-corrected chi connectivity index (χ4v) is 4.03. The Morgan fingerprint density at radius 2 is 0.941 bits per heavy atom. The number of carbonyl (C=O) groups is 2. The van der Waals surface area contributed by atoms with Gasteiger partial charge in [-0.2, -0.15) is 0 Å². The summed E-state index contributed by atoms with van der Waals surface area (Å²) in [6.45, 7) is 6.54. The van der Waals surface area contributed by atoms with Crippen LogP contribution in [-0.4, -0.2) is 36.4 Å². The van der Waals surface area contributed by atoms with Crippen LogP contribution in [0.15, 0.2) is 0 Å². The van der Waals surface area contributed by atoms with E-state index in [4.69, 9.17) is 9.47 Å². The molecule has 0 heterocycles. The van der Waals surface area contributed by atoms with Crippen LogP contribution in [0.2, 0.25) is 0 Å². The van der Waals surface area contributed by atoms with E-state index in [-0.39, 0.29) is 25.2 Å². The monoisotopic (exact) mass is 484 g/mol. The van der Waals surface area contributed by atoms with Crippen LogP contribution in [0, 0.1) is 5.92 Å². The second kappa shape index (κ2) is 25.0. The molecule has 0 fully saturated rings. The van der Waals surface area contributed by atoms with E-state index in [0.717, 1.165) is 38.0 Å². The standard InChI is InChI=1S/C29H56O5/c1-4-5-6-7-8-9-10-11-12-16-19-22-28(31)33-24-27(30)25-34-29(32)23-20-17-14-13-15-18-21-26(2)3/h26-27,30H,4-25H2,1-3H3/t27-/m1/s1. The molecule has 0 aromatic rings. The van der Waals surface area contributed by atoms with E-state index in [0.29, 0.717) is 12.8 Å². The van der Waals surface area contributed by atoms with Crippen molar-refractivity contribution in [3.05, 3.63) is 0 Å². The predicted octanol–water partition coefficient (Wildman–Crippen LogP) is 7.91. The van der Waals surface area contributed by atoms with E-state index >= 15 is 0 Å². The number of aliphatic hydroxyl groups excluding tert-OH is 1. The first-order valence-electron chi connectivity index (χ1n) is 14.4. The summed E-state index contributed by atoms with van der Waals surface area (Å²) in [6.07, 6.45) is 21.6. The summed E-state index contributed by atoms with van der Waals surface area (Å²) in [5.41, 5.74) is 0. The minimum atomic E-state index is -0.953. The van der Waals surface area contributed by atoms with Gasteiger partial charge in [0.2, 0.25) is 0 Å². The summed E-state index contributed by atoms with van der Waals surface area (Å²) in [5, 5.41) is 9.88. The maximum absolute atomic E-state index is 11.8. The Morgan fingerprint density at radius 1 is 0.588 bits per heavy atom.